The Morgan fingerprint density at radius 1 is 0.944 bits per heavy atom. The average molecular weight is 502 g/mol. The third-order valence-corrected chi connectivity index (χ3v) is 6.69. The van der Waals surface area contributed by atoms with Gasteiger partial charge in [0, 0.05) is 24.0 Å². The number of nitrogens with zero attached hydrogens (tertiary/aromatic N) is 1. The SMILES string of the molecule is Cc1ccc(C(C)C)c(OCc2nc(C(=O)NCCCNC(=O)c3ccc4ccccc4c3)cs2)c1. The van der Waals surface area contributed by atoms with Gasteiger partial charge in [0.05, 0.1) is 0 Å². The molecule has 186 valence electrons. The number of aryl methyl sites for hydroxylation is 1. The molecule has 0 aliphatic rings. The standard InChI is InChI=1S/C29H31N3O3S/c1-19(2)24-12-9-20(3)15-26(24)35-17-27-32-25(18-36-27)29(34)31-14-6-13-30-28(33)23-11-10-21-7-4-5-8-22(21)16-23/h4-5,7-12,15-16,18-19H,6,13-14,17H2,1-3H3,(H,30,33)(H,31,34). The van der Waals surface area contributed by atoms with Gasteiger partial charge in [-0.05, 0) is 59.4 Å². The smallest absolute Gasteiger partial charge is 0.270 e. The zero-order chi connectivity index (χ0) is 25.5. The van der Waals surface area contributed by atoms with E-state index in [2.05, 4.69) is 41.6 Å². The van der Waals surface area contributed by atoms with Gasteiger partial charge < -0.3 is 15.4 Å². The van der Waals surface area contributed by atoms with Crippen molar-refractivity contribution < 1.29 is 14.3 Å². The number of amides is 2. The second kappa shape index (κ2) is 11.8. The third-order valence-electron chi connectivity index (χ3n) is 5.86. The molecule has 0 saturated heterocycles. The first kappa shape index (κ1) is 25.4. The lowest BCUT2D eigenvalue weighted by Gasteiger charge is -2.14. The molecule has 0 spiro atoms. The van der Waals surface area contributed by atoms with E-state index in [1.807, 2.05) is 55.5 Å². The summed E-state index contributed by atoms with van der Waals surface area (Å²) in [7, 11) is 0. The fourth-order valence-corrected chi connectivity index (χ4v) is 4.57. The van der Waals surface area contributed by atoms with Crippen LogP contribution < -0.4 is 15.4 Å². The lowest BCUT2D eigenvalue weighted by Crippen LogP contribution is -2.30. The van der Waals surface area contributed by atoms with Crippen LogP contribution in [-0.2, 0) is 6.61 Å². The minimum Gasteiger partial charge on any atom is -0.486 e. The minimum absolute atomic E-state index is 0.120. The number of hydrogen-bond donors (Lipinski definition) is 2. The van der Waals surface area contributed by atoms with Crippen molar-refractivity contribution in [3.8, 4) is 5.75 Å². The van der Waals surface area contributed by atoms with E-state index in [9.17, 15) is 9.59 Å². The molecule has 36 heavy (non-hydrogen) atoms. The molecule has 2 N–H and O–H groups in total. The minimum atomic E-state index is -0.225. The molecule has 0 atom stereocenters. The first-order valence-corrected chi connectivity index (χ1v) is 13.0. The molecule has 0 saturated carbocycles. The highest BCUT2D eigenvalue weighted by molar-refractivity contribution is 7.09. The largest absolute Gasteiger partial charge is 0.486 e. The maximum absolute atomic E-state index is 12.5. The molecule has 2 amide bonds. The van der Waals surface area contributed by atoms with E-state index in [0.29, 0.717) is 43.3 Å². The summed E-state index contributed by atoms with van der Waals surface area (Å²) in [5.74, 6) is 0.870. The predicted octanol–water partition coefficient (Wildman–Crippen LogP) is 5.86. The number of nitrogens with one attached hydrogen (secondary N) is 2. The van der Waals surface area contributed by atoms with Crippen LogP contribution in [0.25, 0.3) is 10.8 Å². The van der Waals surface area contributed by atoms with Crippen LogP contribution >= 0.6 is 11.3 Å². The van der Waals surface area contributed by atoms with Crippen LogP contribution in [0, 0.1) is 6.92 Å². The van der Waals surface area contributed by atoms with Gasteiger partial charge in [0.2, 0.25) is 0 Å². The van der Waals surface area contributed by atoms with Gasteiger partial charge in [0.15, 0.2) is 0 Å². The van der Waals surface area contributed by atoms with E-state index in [1.54, 1.807) is 5.38 Å². The van der Waals surface area contributed by atoms with Crippen LogP contribution in [0.15, 0.2) is 66.0 Å². The van der Waals surface area contributed by atoms with Crippen molar-refractivity contribution in [2.24, 2.45) is 0 Å². The Balaban J connectivity index is 1.20. The fraction of sp³-hybridized carbons (Fsp3) is 0.276. The molecule has 1 aromatic heterocycles. The molecule has 4 aromatic rings. The van der Waals surface area contributed by atoms with Gasteiger partial charge in [0.25, 0.3) is 11.8 Å². The molecule has 0 bridgehead atoms. The normalized spacial score (nSPS) is 11.0. The molecule has 0 radical (unpaired) electrons. The molecule has 6 nitrogen and oxygen atoms in total. The Kier molecular flexibility index (Phi) is 8.33. The van der Waals surface area contributed by atoms with Crippen molar-refractivity contribution in [2.75, 3.05) is 13.1 Å². The fourth-order valence-electron chi connectivity index (χ4n) is 3.88. The number of carbonyl (C=O) groups excluding carboxylic acids is 2. The number of rotatable bonds is 10. The second-order valence-electron chi connectivity index (χ2n) is 9.04. The summed E-state index contributed by atoms with van der Waals surface area (Å²) in [6.45, 7) is 7.55. The van der Waals surface area contributed by atoms with Crippen molar-refractivity contribution in [3.63, 3.8) is 0 Å². The summed E-state index contributed by atoms with van der Waals surface area (Å²) >= 11 is 1.41. The average Bonchev–Trinajstić information content (AvgIpc) is 3.36. The molecule has 3 aromatic carbocycles. The third kappa shape index (κ3) is 6.49. The number of carbonyl (C=O) groups is 2. The van der Waals surface area contributed by atoms with E-state index < -0.39 is 0 Å². The summed E-state index contributed by atoms with van der Waals surface area (Å²) in [5, 5.41) is 10.4. The van der Waals surface area contributed by atoms with Crippen LogP contribution in [0.1, 0.15) is 63.2 Å². The van der Waals surface area contributed by atoms with Gasteiger partial charge >= 0.3 is 0 Å². The topological polar surface area (TPSA) is 80.3 Å². The molecule has 0 aliphatic heterocycles. The van der Waals surface area contributed by atoms with Crippen molar-refractivity contribution in [2.45, 2.75) is 39.7 Å². The molecular formula is C29H31N3O3S. The summed E-state index contributed by atoms with van der Waals surface area (Å²) in [4.78, 5) is 29.3. The Morgan fingerprint density at radius 3 is 2.47 bits per heavy atom. The summed E-state index contributed by atoms with van der Waals surface area (Å²) < 4.78 is 6.03. The lowest BCUT2D eigenvalue weighted by atomic mass is 10.0. The van der Waals surface area contributed by atoms with Gasteiger partial charge in [-0.25, -0.2) is 4.98 Å². The Hall–Kier alpha value is -3.71. The van der Waals surface area contributed by atoms with E-state index in [0.717, 1.165) is 32.7 Å². The Bertz CT molecular complexity index is 1360. The number of aromatic nitrogens is 1. The van der Waals surface area contributed by atoms with Crippen molar-refractivity contribution >= 4 is 33.9 Å². The van der Waals surface area contributed by atoms with Crippen molar-refractivity contribution in [1.82, 2.24) is 15.6 Å². The highest BCUT2D eigenvalue weighted by Crippen LogP contribution is 2.28. The highest BCUT2D eigenvalue weighted by Gasteiger charge is 2.13. The molecule has 1 heterocycles. The molecule has 0 unspecified atom stereocenters. The van der Waals surface area contributed by atoms with E-state index in [-0.39, 0.29) is 11.8 Å². The van der Waals surface area contributed by atoms with Crippen LogP contribution in [0.5, 0.6) is 5.75 Å². The quantitative estimate of drug-likeness (QED) is 0.267. The first-order valence-electron chi connectivity index (χ1n) is 12.1. The van der Waals surface area contributed by atoms with Gasteiger partial charge in [0.1, 0.15) is 23.1 Å². The van der Waals surface area contributed by atoms with Crippen LogP contribution in [-0.4, -0.2) is 29.9 Å². The number of benzene rings is 3. The summed E-state index contributed by atoms with van der Waals surface area (Å²) in [6, 6.07) is 19.8. The van der Waals surface area contributed by atoms with Gasteiger partial charge in [-0.2, -0.15) is 0 Å². The number of fused-ring (bicyclic) bond motifs is 1. The summed E-state index contributed by atoms with van der Waals surface area (Å²) in [6.07, 6.45) is 0.622. The van der Waals surface area contributed by atoms with Crippen LogP contribution in [0.4, 0.5) is 0 Å². The van der Waals surface area contributed by atoms with Gasteiger partial charge in [-0.3, -0.25) is 9.59 Å². The Labute approximate surface area is 215 Å². The number of hydrogen-bond acceptors (Lipinski definition) is 5. The zero-order valence-electron chi connectivity index (χ0n) is 20.8. The van der Waals surface area contributed by atoms with Gasteiger partial charge in [-0.15, -0.1) is 11.3 Å². The van der Waals surface area contributed by atoms with E-state index in [1.165, 1.54) is 11.3 Å². The highest BCUT2D eigenvalue weighted by atomic mass is 32.1. The van der Waals surface area contributed by atoms with Crippen molar-refractivity contribution in [1.29, 1.82) is 0 Å². The number of thiazole rings is 1. The molecule has 0 aliphatic carbocycles. The van der Waals surface area contributed by atoms with Gasteiger partial charge in [-0.1, -0.05) is 56.3 Å². The summed E-state index contributed by atoms with van der Waals surface area (Å²) in [5.41, 5.74) is 3.30. The van der Waals surface area contributed by atoms with Crippen molar-refractivity contribution in [3.05, 3.63) is 93.4 Å². The maximum atomic E-state index is 12.5. The van der Waals surface area contributed by atoms with E-state index in [4.69, 9.17) is 4.74 Å². The van der Waals surface area contributed by atoms with E-state index >= 15 is 0 Å². The molecule has 0 fully saturated rings. The molecule has 4 rings (SSSR count). The lowest BCUT2D eigenvalue weighted by molar-refractivity contribution is 0.0948. The maximum Gasteiger partial charge on any atom is 0.270 e. The molecular weight excluding hydrogens is 470 g/mol. The number of ether oxygens (including phenoxy) is 1. The molecule has 7 heteroatoms. The first-order chi connectivity index (χ1) is 17.4. The second-order valence-corrected chi connectivity index (χ2v) is 9.98. The monoisotopic (exact) mass is 501 g/mol. The Morgan fingerprint density at radius 2 is 1.69 bits per heavy atom. The predicted molar refractivity (Wildman–Crippen MR) is 145 cm³/mol. The van der Waals surface area contributed by atoms with Crippen LogP contribution in [0.2, 0.25) is 0 Å². The van der Waals surface area contributed by atoms with Crippen LogP contribution in [0.3, 0.4) is 0 Å². The zero-order valence-corrected chi connectivity index (χ0v) is 21.7.